The fourth-order valence-corrected chi connectivity index (χ4v) is 8.39. The van der Waals surface area contributed by atoms with Crippen LogP contribution in [0, 0.1) is 28.6 Å². The van der Waals surface area contributed by atoms with Crippen molar-refractivity contribution >= 4 is 11.6 Å². The third kappa shape index (κ3) is 3.67. The predicted molar refractivity (Wildman–Crippen MR) is 142 cm³/mol. The molecule has 0 spiro atoms. The summed E-state index contributed by atoms with van der Waals surface area (Å²) in [5.74, 6) is 2.30. The van der Waals surface area contributed by atoms with Crippen LogP contribution in [-0.2, 0) is 20.7 Å². The minimum absolute atomic E-state index is 0.0708. The third-order valence-electron chi connectivity index (χ3n) is 10.2. The topological polar surface area (TPSA) is 52.6 Å². The van der Waals surface area contributed by atoms with Gasteiger partial charge in [-0.05, 0) is 106 Å². The first-order valence-corrected chi connectivity index (χ1v) is 13.5. The molecule has 0 heterocycles. The Morgan fingerprint density at radius 1 is 1.11 bits per heavy atom. The molecule has 4 aliphatic rings. The zero-order valence-electron chi connectivity index (χ0n) is 22.6. The van der Waals surface area contributed by atoms with Crippen molar-refractivity contribution in [1.29, 1.82) is 0 Å². The summed E-state index contributed by atoms with van der Waals surface area (Å²) < 4.78 is 12.2. The second kappa shape index (κ2) is 8.83. The molecule has 1 aromatic rings. The lowest BCUT2D eigenvalue weighted by atomic mass is 9.48. The lowest BCUT2D eigenvalue weighted by molar-refractivity contribution is -0.183. The van der Waals surface area contributed by atoms with Crippen LogP contribution in [0.15, 0.2) is 59.7 Å². The van der Waals surface area contributed by atoms with E-state index in [1.165, 1.54) is 16.7 Å². The van der Waals surface area contributed by atoms with Crippen molar-refractivity contribution in [2.24, 2.45) is 28.6 Å². The second-order valence-corrected chi connectivity index (χ2v) is 12.1. The number of benzene rings is 1. The normalized spacial score (nSPS) is 37.8. The van der Waals surface area contributed by atoms with Crippen LogP contribution >= 0.6 is 0 Å². The minimum Gasteiger partial charge on any atom is -0.497 e. The molecule has 1 aromatic carbocycles. The van der Waals surface area contributed by atoms with Gasteiger partial charge in [0, 0.05) is 10.8 Å². The standard InChI is InChI=1S/C32H40O4/c1-20-17-26-27(30(4)14-11-24(34)19-29(20)30)12-15-31(5)28(26)13-16-32(31,22(3)33)36-21(2)18-23-7-9-25(35-6)10-8-23/h7-11,14,17,19,21,26-28H,12-13,15-16,18H2,1-6H3/t21?,26?,27?,28?,30-,31+,32+/m1/s1. The van der Waals surface area contributed by atoms with Gasteiger partial charge in [-0.1, -0.05) is 43.7 Å². The van der Waals surface area contributed by atoms with Crippen LogP contribution in [0.3, 0.4) is 0 Å². The van der Waals surface area contributed by atoms with E-state index in [2.05, 4.69) is 52.0 Å². The van der Waals surface area contributed by atoms with Crippen LogP contribution < -0.4 is 4.74 Å². The van der Waals surface area contributed by atoms with E-state index in [-0.39, 0.29) is 28.5 Å². The number of allylic oxidation sites excluding steroid dienone is 6. The molecule has 36 heavy (non-hydrogen) atoms. The number of ketones is 2. The third-order valence-corrected chi connectivity index (χ3v) is 10.2. The number of ether oxygens (including phenoxy) is 2. The fraction of sp³-hybridized carbons (Fsp3) is 0.562. The van der Waals surface area contributed by atoms with E-state index >= 15 is 0 Å². The Kier molecular flexibility index (Phi) is 6.18. The quantitative estimate of drug-likeness (QED) is 0.462. The van der Waals surface area contributed by atoms with E-state index in [9.17, 15) is 9.59 Å². The van der Waals surface area contributed by atoms with Crippen molar-refractivity contribution in [2.75, 3.05) is 7.11 Å². The van der Waals surface area contributed by atoms with Gasteiger partial charge in [0.15, 0.2) is 11.6 Å². The van der Waals surface area contributed by atoms with Gasteiger partial charge in [-0.3, -0.25) is 9.59 Å². The summed E-state index contributed by atoms with van der Waals surface area (Å²) in [7, 11) is 1.67. The average Bonchev–Trinajstić information content (AvgIpc) is 3.14. The van der Waals surface area contributed by atoms with Crippen molar-refractivity contribution in [1.82, 2.24) is 0 Å². The van der Waals surface area contributed by atoms with Crippen LogP contribution in [0.25, 0.3) is 0 Å². The molecule has 4 unspecified atom stereocenters. The van der Waals surface area contributed by atoms with Crippen molar-refractivity contribution < 1.29 is 19.1 Å². The van der Waals surface area contributed by atoms with Gasteiger partial charge in [0.25, 0.3) is 0 Å². The van der Waals surface area contributed by atoms with Gasteiger partial charge < -0.3 is 9.47 Å². The van der Waals surface area contributed by atoms with Crippen LogP contribution in [0.4, 0.5) is 0 Å². The van der Waals surface area contributed by atoms with Crippen molar-refractivity contribution in [3.63, 3.8) is 0 Å². The predicted octanol–water partition coefficient (Wildman–Crippen LogP) is 6.44. The number of carbonyl (C=O) groups is 2. The Labute approximate surface area is 215 Å². The zero-order chi connectivity index (χ0) is 25.9. The summed E-state index contributed by atoms with van der Waals surface area (Å²) in [4.78, 5) is 25.6. The molecule has 4 heteroatoms. The van der Waals surface area contributed by atoms with Gasteiger partial charge in [-0.2, -0.15) is 0 Å². The van der Waals surface area contributed by atoms with Crippen molar-refractivity contribution in [3.8, 4) is 5.75 Å². The van der Waals surface area contributed by atoms with Crippen molar-refractivity contribution in [3.05, 3.63) is 65.3 Å². The zero-order valence-corrected chi connectivity index (χ0v) is 22.6. The molecular formula is C32H40O4. The van der Waals surface area contributed by atoms with E-state index in [1.807, 2.05) is 18.2 Å². The molecule has 192 valence electrons. The Morgan fingerprint density at radius 2 is 1.81 bits per heavy atom. The van der Waals surface area contributed by atoms with E-state index < -0.39 is 5.60 Å². The van der Waals surface area contributed by atoms with Crippen LogP contribution in [0.2, 0.25) is 0 Å². The fourth-order valence-electron chi connectivity index (χ4n) is 8.39. The molecule has 0 saturated heterocycles. The van der Waals surface area contributed by atoms with Crippen molar-refractivity contribution in [2.45, 2.75) is 78.4 Å². The van der Waals surface area contributed by atoms with Gasteiger partial charge in [-0.15, -0.1) is 0 Å². The molecule has 0 radical (unpaired) electrons. The van der Waals surface area contributed by atoms with E-state index in [4.69, 9.17) is 9.47 Å². The largest absolute Gasteiger partial charge is 0.497 e. The summed E-state index contributed by atoms with van der Waals surface area (Å²) in [6.45, 7) is 10.6. The highest BCUT2D eigenvalue weighted by Gasteiger charge is 2.66. The molecule has 0 bridgehead atoms. The SMILES string of the molecule is COc1ccc(CC(C)O[C@]2(C(C)=O)CCC3C4C=C(C)C5=CC(=O)C=C[C@]5(C)C4CC[C@@]32C)cc1. The number of hydrogen-bond donors (Lipinski definition) is 0. The minimum atomic E-state index is -0.758. The molecule has 4 nitrogen and oxygen atoms in total. The molecule has 5 rings (SSSR count). The van der Waals surface area contributed by atoms with Gasteiger partial charge in [0.2, 0.25) is 0 Å². The summed E-state index contributed by atoms with van der Waals surface area (Å²) in [6, 6.07) is 8.11. The summed E-state index contributed by atoms with van der Waals surface area (Å²) >= 11 is 0. The highest BCUT2D eigenvalue weighted by Crippen LogP contribution is 2.67. The van der Waals surface area contributed by atoms with Gasteiger partial charge in [0.05, 0.1) is 13.2 Å². The molecular weight excluding hydrogens is 448 g/mol. The summed E-state index contributed by atoms with van der Waals surface area (Å²) in [5, 5.41) is 0. The van der Waals surface area contributed by atoms with Gasteiger partial charge >= 0.3 is 0 Å². The summed E-state index contributed by atoms with van der Waals surface area (Å²) in [5.41, 5.74) is 2.49. The number of rotatable bonds is 6. The molecule has 2 saturated carbocycles. The highest BCUT2D eigenvalue weighted by atomic mass is 16.5. The first-order chi connectivity index (χ1) is 17.0. The van der Waals surface area contributed by atoms with E-state index in [0.717, 1.165) is 37.9 Å². The lowest BCUT2D eigenvalue weighted by Gasteiger charge is -2.57. The number of methoxy groups -OCH3 is 1. The maximum atomic E-state index is 13.4. The number of Topliss-reactive ketones (excluding diaryl/α,β-unsaturated/α-hetero) is 1. The maximum Gasteiger partial charge on any atom is 0.178 e. The first kappa shape index (κ1) is 25.2. The Morgan fingerprint density at radius 3 is 2.47 bits per heavy atom. The van der Waals surface area contributed by atoms with Gasteiger partial charge in [0.1, 0.15) is 11.4 Å². The average molecular weight is 489 g/mol. The number of carbonyl (C=O) groups excluding carboxylic acids is 2. The maximum absolute atomic E-state index is 13.4. The lowest BCUT2D eigenvalue weighted by Crippen LogP contribution is -2.58. The van der Waals surface area contributed by atoms with E-state index in [0.29, 0.717) is 17.8 Å². The molecule has 7 atom stereocenters. The molecule has 0 amide bonds. The number of hydrogen-bond acceptors (Lipinski definition) is 4. The molecule has 4 aliphatic carbocycles. The highest BCUT2D eigenvalue weighted by molar-refractivity contribution is 6.02. The van der Waals surface area contributed by atoms with E-state index in [1.54, 1.807) is 20.1 Å². The van der Waals surface area contributed by atoms with Crippen LogP contribution in [0.5, 0.6) is 5.75 Å². The smallest absolute Gasteiger partial charge is 0.178 e. The molecule has 0 aliphatic heterocycles. The van der Waals surface area contributed by atoms with Crippen LogP contribution in [0.1, 0.15) is 65.9 Å². The first-order valence-electron chi connectivity index (χ1n) is 13.5. The molecule has 0 aromatic heterocycles. The Bertz CT molecular complexity index is 1160. The molecule has 0 N–H and O–H groups in total. The molecule has 2 fully saturated rings. The number of fused-ring (bicyclic) bond motifs is 5. The van der Waals surface area contributed by atoms with Crippen LogP contribution in [-0.4, -0.2) is 30.4 Å². The Hall–Kier alpha value is -2.46. The Balaban J connectivity index is 1.44. The van der Waals surface area contributed by atoms with Gasteiger partial charge in [-0.25, -0.2) is 0 Å². The second-order valence-electron chi connectivity index (χ2n) is 12.1. The monoisotopic (exact) mass is 488 g/mol. The summed E-state index contributed by atoms with van der Waals surface area (Å²) in [6.07, 6.45) is 12.6.